The van der Waals surface area contributed by atoms with Gasteiger partial charge in [0.2, 0.25) is 0 Å². The highest BCUT2D eigenvalue weighted by Crippen LogP contribution is 2.51. The standard InChI is InChI=1S/C51H37NO/c1-51(2)47-24-10-8-20-42(47)46-33-39(30-31-48(46)51)52(38-17-12-16-36(32-38)34-14-4-3-5-15-34)37-28-26-35(27-29-37)40-18-6-7-19-41(40)44-22-13-23-45-43-21-9-11-25-49(43)53-50(44)45/h3-33H,1-2H3. The van der Waals surface area contributed by atoms with Crippen LogP contribution in [0.1, 0.15) is 25.0 Å². The molecule has 0 fully saturated rings. The molecule has 1 aromatic heterocycles. The van der Waals surface area contributed by atoms with E-state index in [0.717, 1.165) is 55.7 Å². The van der Waals surface area contributed by atoms with Crippen molar-refractivity contribution in [3.05, 3.63) is 199 Å². The van der Waals surface area contributed by atoms with Gasteiger partial charge in [0.1, 0.15) is 11.2 Å². The third-order valence-corrected chi connectivity index (χ3v) is 11.1. The van der Waals surface area contributed by atoms with Crippen LogP contribution in [0.4, 0.5) is 17.1 Å². The molecule has 1 aliphatic rings. The van der Waals surface area contributed by atoms with Gasteiger partial charge in [-0.2, -0.15) is 0 Å². The van der Waals surface area contributed by atoms with E-state index in [-0.39, 0.29) is 5.41 Å². The first-order valence-electron chi connectivity index (χ1n) is 18.3. The van der Waals surface area contributed by atoms with Crippen molar-refractivity contribution in [1.29, 1.82) is 0 Å². The summed E-state index contributed by atoms with van der Waals surface area (Å²) < 4.78 is 6.48. The number of hydrogen-bond donors (Lipinski definition) is 0. The minimum atomic E-state index is -0.0513. The summed E-state index contributed by atoms with van der Waals surface area (Å²) in [6, 6.07) is 67.8. The first-order chi connectivity index (χ1) is 26.0. The van der Waals surface area contributed by atoms with E-state index >= 15 is 0 Å². The van der Waals surface area contributed by atoms with Crippen LogP contribution in [0.5, 0.6) is 0 Å². The van der Waals surface area contributed by atoms with Gasteiger partial charge < -0.3 is 9.32 Å². The smallest absolute Gasteiger partial charge is 0.143 e. The largest absolute Gasteiger partial charge is 0.455 e. The quantitative estimate of drug-likeness (QED) is 0.174. The molecule has 1 aliphatic carbocycles. The van der Waals surface area contributed by atoms with E-state index in [1.807, 2.05) is 12.1 Å². The molecule has 252 valence electrons. The van der Waals surface area contributed by atoms with E-state index in [1.54, 1.807) is 0 Å². The molecular formula is C51H37NO. The Morgan fingerprint density at radius 3 is 1.83 bits per heavy atom. The topological polar surface area (TPSA) is 16.4 Å². The van der Waals surface area contributed by atoms with Crippen LogP contribution < -0.4 is 4.90 Å². The summed E-state index contributed by atoms with van der Waals surface area (Å²) in [5.41, 5.74) is 17.4. The van der Waals surface area contributed by atoms with Gasteiger partial charge in [-0.3, -0.25) is 0 Å². The number of para-hydroxylation sites is 2. The number of rotatable bonds is 6. The maximum absolute atomic E-state index is 6.48. The average molecular weight is 680 g/mol. The summed E-state index contributed by atoms with van der Waals surface area (Å²) in [6.45, 7) is 4.67. The second-order valence-corrected chi connectivity index (χ2v) is 14.5. The molecule has 0 saturated carbocycles. The highest BCUT2D eigenvalue weighted by Gasteiger charge is 2.35. The van der Waals surface area contributed by atoms with Crippen LogP contribution in [0.3, 0.4) is 0 Å². The molecule has 2 heteroatoms. The first-order valence-corrected chi connectivity index (χ1v) is 18.3. The Morgan fingerprint density at radius 2 is 0.981 bits per heavy atom. The molecule has 9 aromatic rings. The molecule has 0 atom stereocenters. The Balaban J connectivity index is 1.10. The monoisotopic (exact) mass is 679 g/mol. The Labute approximate surface area is 310 Å². The molecule has 0 N–H and O–H groups in total. The number of furan rings is 1. The van der Waals surface area contributed by atoms with Crippen molar-refractivity contribution in [1.82, 2.24) is 0 Å². The number of anilines is 3. The van der Waals surface area contributed by atoms with Crippen molar-refractivity contribution in [2.45, 2.75) is 19.3 Å². The van der Waals surface area contributed by atoms with Gasteiger partial charge in [0.25, 0.3) is 0 Å². The SMILES string of the molecule is CC1(C)c2ccccc2-c2cc(N(c3ccc(-c4ccccc4-c4cccc5c4oc4ccccc45)cc3)c3cccc(-c4ccccc4)c3)ccc21. The van der Waals surface area contributed by atoms with E-state index < -0.39 is 0 Å². The molecule has 0 bridgehead atoms. The zero-order valence-electron chi connectivity index (χ0n) is 29.8. The number of hydrogen-bond acceptors (Lipinski definition) is 2. The Kier molecular flexibility index (Phi) is 7.19. The Bertz CT molecular complexity index is 2810. The number of nitrogens with zero attached hydrogens (tertiary/aromatic N) is 1. The van der Waals surface area contributed by atoms with Gasteiger partial charge in [0.15, 0.2) is 0 Å². The summed E-state index contributed by atoms with van der Waals surface area (Å²) in [6.07, 6.45) is 0. The van der Waals surface area contributed by atoms with E-state index in [9.17, 15) is 0 Å². The lowest BCUT2D eigenvalue weighted by molar-refractivity contribution is 0.660. The number of benzene rings is 8. The van der Waals surface area contributed by atoms with Gasteiger partial charge >= 0.3 is 0 Å². The molecule has 8 aromatic carbocycles. The van der Waals surface area contributed by atoms with Gasteiger partial charge in [0, 0.05) is 38.8 Å². The van der Waals surface area contributed by atoms with Crippen LogP contribution in [0.25, 0.3) is 66.4 Å². The first kappa shape index (κ1) is 31.1. The fourth-order valence-electron chi connectivity index (χ4n) is 8.47. The van der Waals surface area contributed by atoms with Crippen molar-refractivity contribution < 1.29 is 4.42 Å². The third-order valence-electron chi connectivity index (χ3n) is 11.1. The fourth-order valence-corrected chi connectivity index (χ4v) is 8.47. The summed E-state index contributed by atoms with van der Waals surface area (Å²) in [5.74, 6) is 0. The lowest BCUT2D eigenvalue weighted by Gasteiger charge is -2.28. The van der Waals surface area contributed by atoms with Crippen LogP contribution in [-0.2, 0) is 5.41 Å². The van der Waals surface area contributed by atoms with E-state index in [2.05, 4.69) is 195 Å². The van der Waals surface area contributed by atoms with Gasteiger partial charge in [-0.25, -0.2) is 0 Å². The van der Waals surface area contributed by atoms with Crippen molar-refractivity contribution in [3.8, 4) is 44.5 Å². The van der Waals surface area contributed by atoms with Crippen LogP contribution >= 0.6 is 0 Å². The molecule has 2 nitrogen and oxygen atoms in total. The van der Waals surface area contributed by atoms with Crippen LogP contribution in [0, 0.1) is 0 Å². The maximum atomic E-state index is 6.48. The van der Waals surface area contributed by atoms with E-state index in [4.69, 9.17) is 4.42 Å². The Morgan fingerprint density at radius 1 is 0.377 bits per heavy atom. The maximum Gasteiger partial charge on any atom is 0.143 e. The molecule has 0 radical (unpaired) electrons. The average Bonchev–Trinajstić information content (AvgIpc) is 3.71. The van der Waals surface area contributed by atoms with Crippen molar-refractivity contribution in [3.63, 3.8) is 0 Å². The number of fused-ring (bicyclic) bond motifs is 6. The minimum absolute atomic E-state index is 0.0513. The van der Waals surface area contributed by atoms with E-state index in [0.29, 0.717) is 0 Å². The molecule has 10 rings (SSSR count). The highest BCUT2D eigenvalue weighted by atomic mass is 16.3. The lowest BCUT2D eigenvalue weighted by atomic mass is 9.82. The molecule has 0 saturated heterocycles. The van der Waals surface area contributed by atoms with Gasteiger partial charge in [0.05, 0.1) is 0 Å². The zero-order valence-corrected chi connectivity index (χ0v) is 29.8. The van der Waals surface area contributed by atoms with Crippen molar-refractivity contribution in [2.75, 3.05) is 4.90 Å². The predicted molar refractivity (Wildman–Crippen MR) is 222 cm³/mol. The van der Waals surface area contributed by atoms with Crippen LogP contribution in [0.2, 0.25) is 0 Å². The molecule has 53 heavy (non-hydrogen) atoms. The molecule has 0 spiro atoms. The molecule has 1 heterocycles. The van der Waals surface area contributed by atoms with Gasteiger partial charge in [-0.1, -0.05) is 159 Å². The highest BCUT2D eigenvalue weighted by molar-refractivity contribution is 6.10. The molecular weight excluding hydrogens is 643 g/mol. The van der Waals surface area contributed by atoms with Gasteiger partial charge in [-0.15, -0.1) is 0 Å². The van der Waals surface area contributed by atoms with Crippen LogP contribution in [0.15, 0.2) is 192 Å². The fraction of sp³-hybridized carbons (Fsp3) is 0.0588. The van der Waals surface area contributed by atoms with Crippen molar-refractivity contribution >= 4 is 39.0 Å². The third kappa shape index (κ3) is 5.10. The van der Waals surface area contributed by atoms with Crippen LogP contribution in [-0.4, -0.2) is 0 Å². The Hall–Kier alpha value is -6.64. The zero-order chi connectivity index (χ0) is 35.5. The second-order valence-electron chi connectivity index (χ2n) is 14.5. The van der Waals surface area contributed by atoms with Crippen molar-refractivity contribution in [2.24, 2.45) is 0 Å². The lowest BCUT2D eigenvalue weighted by Crippen LogP contribution is -2.15. The van der Waals surface area contributed by atoms with Gasteiger partial charge in [-0.05, 0) is 92.5 Å². The second kappa shape index (κ2) is 12.3. The summed E-state index contributed by atoms with van der Waals surface area (Å²) in [7, 11) is 0. The molecule has 0 unspecified atom stereocenters. The normalized spacial score (nSPS) is 12.9. The molecule has 0 aliphatic heterocycles. The minimum Gasteiger partial charge on any atom is -0.455 e. The summed E-state index contributed by atoms with van der Waals surface area (Å²) in [4.78, 5) is 2.39. The summed E-state index contributed by atoms with van der Waals surface area (Å²) in [5, 5.41) is 2.28. The summed E-state index contributed by atoms with van der Waals surface area (Å²) >= 11 is 0. The molecule has 0 amide bonds. The predicted octanol–water partition coefficient (Wildman–Crippen LogP) is 14.4. The van der Waals surface area contributed by atoms with E-state index in [1.165, 1.54) is 38.9 Å².